The van der Waals surface area contributed by atoms with Crippen LogP contribution in [0.5, 0.6) is 5.75 Å². The summed E-state index contributed by atoms with van der Waals surface area (Å²) in [6, 6.07) is 5.99. The number of hydrogen-bond donors (Lipinski definition) is 2. The summed E-state index contributed by atoms with van der Waals surface area (Å²) in [6.45, 7) is 2.06. The van der Waals surface area contributed by atoms with Gasteiger partial charge in [-0.1, -0.05) is 15.9 Å². The summed E-state index contributed by atoms with van der Waals surface area (Å²) in [5, 5.41) is 0. The molecule has 0 aliphatic heterocycles. The normalized spacial score (nSPS) is 12.8. The Kier molecular flexibility index (Phi) is 5.91. The first kappa shape index (κ1) is 14.4. The molecule has 0 fully saturated rings. The minimum absolute atomic E-state index is 0.0122. The van der Waals surface area contributed by atoms with Crippen LogP contribution in [0.15, 0.2) is 22.7 Å². The van der Waals surface area contributed by atoms with E-state index in [2.05, 4.69) is 26.9 Å². The van der Waals surface area contributed by atoms with E-state index in [0.29, 0.717) is 6.54 Å². The largest absolute Gasteiger partial charge is 0.496 e. The first-order chi connectivity index (χ1) is 8.06. The molecule has 4 nitrogen and oxygen atoms in total. The highest BCUT2D eigenvalue weighted by Gasteiger charge is 2.09. The number of rotatable bonds is 6. The van der Waals surface area contributed by atoms with Gasteiger partial charge in [-0.05, 0) is 25.2 Å². The molecule has 5 heteroatoms. The van der Waals surface area contributed by atoms with Gasteiger partial charge < -0.3 is 21.1 Å². The van der Waals surface area contributed by atoms with Crippen LogP contribution in [-0.4, -0.2) is 38.2 Å². The summed E-state index contributed by atoms with van der Waals surface area (Å²) in [7, 11) is 3.70. The third-order valence-electron chi connectivity index (χ3n) is 2.53. The Hall–Kier alpha value is -0.620. The van der Waals surface area contributed by atoms with Crippen molar-refractivity contribution in [3.63, 3.8) is 0 Å². The molecule has 1 rings (SSSR count). The molecule has 0 amide bonds. The maximum absolute atomic E-state index is 5.82. The van der Waals surface area contributed by atoms with Crippen molar-refractivity contribution in [2.24, 2.45) is 11.5 Å². The Morgan fingerprint density at radius 1 is 1.47 bits per heavy atom. The van der Waals surface area contributed by atoms with E-state index < -0.39 is 0 Å². The number of benzene rings is 1. The highest BCUT2D eigenvalue weighted by Crippen LogP contribution is 2.23. The molecule has 0 spiro atoms. The summed E-state index contributed by atoms with van der Waals surface area (Å²) in [4.78, 5) is 2.14. The molecule has 1 unspecified atom stereocenters. The SMILES string of the molecule is COc1ccc(Br)cc1CN(C)CC(N)CN. The van der Waals surface area contributed by atoms with Gasteiger partial charge in [0.2, 0.25) is 0 Å². The number of halogens is 1. The summed E-state index contributed by atoms with van der Waals surface area (Å²) in [5.41, 5.74) is 12.5. The Morgan fingerprint density at radius 2 is 2.18 bits per heavy atom. The zero-order valence-electron chi connectivity index (χ0n) is 10.3. The average molecular weight is 302 g/mol. The molecule has 0 saturated heterocycles. The predicted octanol–water partition coefficient (Wildman–Crippen LogP) is 1.18. The van der Waals surface area contributed by atoms with E-state index in [0.717, 1.165) is 28.9 Å². The van der Waals surface area contributed by atoms with Gasteiger partial charge in [0.05, 0.1) is 7.11 Å². The molecule has 1 aromatic carbocycles. The topological polar surface area (TPSA) is 64.5 Å². The number of nitrogens with two attached hydrogens (primary N) is 2. The van der Waals surface area contributed by atoms with Crippen LogP contribution in [0.4, 0.5) is 0 Å². The molecule has 0 aliphatic rings. The van der Waals surface area contributed by atoms with Crippen molar-refractivity contribution >= 4 is 15.9 Å². The Morgan fingerprint density at radius 3 is 2.76 bits per heavy atom. The van der Waals surface area contributed by atoms with Crippen LogP contribution in [0.2, 0.25) is 0 Å². The van der Waals surface area contributed by atoms with E-state index in [1.807, 2.05) is 19.2 Å². The second-order valence-corrected chi connectivity index (χ2v) is 5.06. The van der Waals surface area contributed by atoms with Crippen LogP contribution in [0.3, 0.4) is 0 Å². The summed E-state index contributed by atoms with van der Waals surface area (Å²) in [6.07, 6.45) is 0. The predicted molar refractivity (Wildman–Crippen MR) is 74.1 cm³/mol. The molecule has 0 aliphatic carbocycles. The van der Waals surface area contributed by atoms with E-state index in [-0.39, 0.29) is 6.04 Å². The standard InChI is InChI=1S/C12H20BrN3O/c1-16(8-11(15)6-14)7-9-5-10(13)3-4-12(9)17-2/h3-5,11H,6-8,14-15H2,1-2H3. The lowest BCUT2D eigenvalue weighted by Gasteiger charge is -2.21. The van der Waals surface area contributed by atoms with Crippen LogP contribution in [0, 0.1) is 0 Å². The van der Waals surface area contributed by atoms with Gasteiger partial charge in [0.1, 0.15) is 5.75 Å². The van der Waals surface area contributed by atoms with E-state index in [9.17, 15) is 0 Å². The molecule has 17 heavy (non-hydrogen) atoms. The monoisotopic (exact) mass is 301 g/mol. The lowest BCUT2D eigenvalue weighted by atomic mass is 10.2. The van der Waals surface area contributed by atoms with Gasteiger partial charge in [0.25, 0.3) is 0 Å². The number of hydrogen-bond acceptors (Lipinski definition) is 4. The lowest BCUT2D eigenvalue weighted by molar-refractivity contribution is 0.298. The molecule has 0 aromatic heterocycles. The van der Waals surface area contributed by atoms with Gasteiger partial charge in [-0.3, -0.25) is 0 Å². The lowest BCUT2D eigenvalue weighted by Crippen LogP contribution is -2.40. The third-order valence-corrected chi connectivity index (χ3v) is 3.02. The van der Waals surface area contributed by atoms with Gasteiger partial charge in [-0.25, -0.2) is 0 Å². The second-order valence-electron chi connectivity index (χ2n) is 4.15. The second kappa shape index (κ2) is 6.96. The molecule has 0 radical (unpaired) electrons. The summed E-state index contributed by atoms with van der Waals surface area (Å²) in [5.74, 6) is 0.890. The van der Waals surface area contributed by atoms with Gasteiger partial charge in [-0.2, -0.15) is 0 Å². The molecule has 0 saturated carbocycles. The Bertz CT molecular complexity index is 360. The maximum atomic E-state index is 5.82. The molecule has 4 N–H and O–H groups in total. The Balaban J connectivity index is 2.69. The minimum Gasteiger partial charge on any atom is -0.496 e. The van der Waals surface area contributed by atoms with Crippen molar-refractivity contribution in [2.45, 2.75) is 12.6 Å². The van der Waals surface area contributed by atoms with Crippen molar-refractivity contribution in [3.8, 4) is 5.75 Å². The van der Waals surface area contributed by atoms with E-state index in [1.165, 1.54) is 0 Å². The molecular formula is C12H20BrN3O. The van der Waals surface area contributed by atoms with Crippen LogP contribution < -0.4 is 16.2 Å². The van der Waals surface area contributed by atoms with Crippen molar-refractivity contribution < 1.29 is 4.74 Å². The zero-order valence-corrected chi connectivity index (χ0v) is 11.9. The quantitative estimate of drug-likeness (QED) is 0.828. The highest BCUT2D eigenvalue weighted by molar-refractivity contribution is 9.10. The fraction of sp³-hybridized carbons (Fsp3) is 0.500. The zero-order chi connectivity index (χ0) is 12.8. The molecule has 0 heterocycles. The van der Waals surface area contributed by atoms with E-state index >= 15 is 0 Å². The van der Waals surface area contributed by atoms with Gasteiger partial charge in [0, 0.05) is 35.7 Å². The first-order valence-corrected chi connectivity index (χ1v) is 6.32. The highest BCUT2D eigenvalue weighted by atomic mass is 79.9. The Labute approximate surface area is 111 Å². The first-order valence-electron chi connectivity index (χ1n) is 5.53. The van der Waals surface area contributed by atoms with Crippen molar-refractivity contribution in [2.75, 3.05) is 27.2 Å². The molecule has 1 atom stereocenters. The van der Waals surface area contributed by atoms with Crippen LogP contribution >= 0.6 is 15.9 Å². The van der Waals surface area contributed by atoms with Crippen LogP contribution in [0.1, 0.15) is 5.56 Å². The van der Waals surface area contributed by atoms with Gasteiger partial charge in [-0.15, -0.1) is 0 Å². The molecule has 0 bridgehead atoms. The van der Waals surface area contributed by atoms with Crippen LogP contribution in [-0.2, 0) is 6.54 Å². The molecule has 1 aromatic rings. The number of ether oxygens (including phenoxy) is 1. The van der Waals surface area contributed by atoms with E-state index in [1.54, 1.807) is 7.11 Å². The van der Waals surface area contributed by atoms with Gasteiger partial charge in [0.15, 0.2) is 0 Å². The minimum atomic E-state index is 0.0122. The van der Waals surface area contributed by atoms with Crippen molar-refractivity contribution in [1.29, 1.82) is 0 Å². The smallest absolute Gasteiger partial charge is 0.123 e. The van der Waals surface area contributed by atoms with Crippen molar-refractivity contribution in [1.82, 2.24) is 4.90 Å². The average Bonchev–Trinajstić information content (AvgIpc) is 2.29. The summed E-state index contributed by atoms with van der Waals surface area (Å²) < 4.78 is 6.38. The number of methoxy groups -OCH3 is 1. The van der Waals surface area contributed by atoms with Crippen LogP contribution in [0.25, 0.3) is 0 Å². The van der Waals surface area contributed by atoms with Gasteiger partial charge >= 0.3 is 0 Å². The molecule has 96 valence electrons. The fourth-order valence-corrected chi connectivity index (χ4v) is 2.11. The van der Waals surface area contributed by atoms with Crippen molar-refractivity contribution in [3.05, 3.63) is 28.2 Å². The third kappa shape index (κ3) is 4.63. The summed E-state index contributed by atoms with van der Waals surface area (Å²) >= 11 is 3.46. The number of nitrogens with zero attached hydrogens (tertiary/aromatic N) is 1. The molecular weight excluding hydrogens is 282 g/mol. The fourth-order valence-electron chi connectivity index (χ4n) is 1.70. The van der Waals surface area contributed by atoms with E-state index in [4.69, 9.17) is 16.2 Å². The number of likely N-dealkylation sites (N-methyl/N-ethyl adjacent to an activating group) is 1. The maximum Gasteiger partial charge on any atom is 0.123 e.